The molecule has 1 aromatic carbocycles. The van der Waals surface area contributed by atoms with E-state index in [1.807, 2.05) is 24.3 Å². The van der Waals surface area contributed by atoms with Crippen molar-refractivity contribution in [3.05, 3.63) is 36.0 Å². The third kappa shape index (κ3) is 2.99. The molecule has 0 atom stereocenters. The molecule has 2 rings (SSSR count). The van der Waals surface area contributed by atoms with Crippen LogP contribution in [0.3, 0.4) is 0 Å². The molecular weight excluding hydrogens is 262 g/mol. The number of amides is 1. The maximum Gasteiger partial charge on any atom is 0.270 e. The van der Waals surface area contributed by atoms with Crippen molar-refractivity contribution in [3.8, 4) is 0 Å². The Bertz CT molecular complexity index is 639. The lowest BCUT2D eigenvalue weighted by Gasteiger charge is -2.31. The zero-order valence-electron chi connectivity index (χ0n) is 12.9. The van der Waals surface area contributed by atoms with Gasteiger partial charge < -0.3 is 11.1 Å². The monoisotopic (exact) mass is 285 g/mol. The number of nitrogen functional groups attached to an aromatic ring is 1. The van der Waals surface area contributed by atoms with Crippen LogP contribution in [0.25, 0.3) is 10.9 Å². The molecule has 21 heavy (non-hydrogen) atoms. The number of carbonyl (C=O) groups is 1. The van der Waals surface area contributed by atoms with E-state index in [1.165, 1.54) is 0 Å². The van der Waals surface area contributed by atoms with Crippen molar-refractivity contribution in [1.82, 2.24) is 10.3 Å². The summed E-state index contributed by atoms with van der Waals surface area (Å²) < 4.78 is 0. The largest absolute Gasteiger partial charge is 0.398 e. The number of hydrogen-bond donors (Lipinski definition) is 2. The van der Waals surface area contributed by atoms with Crippen molar-refractivity contribution in [2.75, 3.05) is 5.73 Å². The third-order valence-corrected chi connectivity index (χ3v) is 4.39. The summed E-state index contributed by atoms with van der Waals surface area (Å²) in [6.45, 7) is 6.28. The Morgan fingerprint density at radius 1 is 1.19 bits per heavy atom. The minimum absolute atomic E-state index is 0.155. The SMILES string of the molecule is CCC(CC)(CC)NC(=O)c1cc(N)c2ccccc2n1. The number of nitrogens with one attached hydrogen (secondary N) is 1. The van der Waals surface area contributed by atoms with Crippen molar-refractivity contribution >= 4 is 22.5 Å². The van der Waals surface area contributed by atoms with Gasteiger partial charge in [-0.15, -0.1) is 0 Å². The summed E-state index contributed by atoms with van der Waals surface area (Å²) in [5.74, 6) is -0.155. The number of rotatable bonds is 5. The minimum Gasteiger partial charge on any atom is -0.398 e. The number of para-hydroxylation sites is 1. The molecule has 1 heterocycles. The Morgan fingerprint density at radius 2 is 1.81 bits per heavy atom. The highest BCUT2D eigenvalue weighted by Gasteiger charge is 2.27. The molecule has 112 valence electrons. The van der Waals surface area contributed by atoms with Crippen LogP contribution in [0, 0.1) is 0 Å². The number of benzene rings is 1. The van der Waals surface area contributed by atoms with Crippen molar-refractivity contribution in [1.29, 1.82) is 0 Å². The summed E-state index contributed by atoms with van der Waals surface area (Å²) in [6, 6.07) is 9.24. The summed E-state index contributed by atoms with van der Waals surface area (Å²) in [7, 11) is 0. The second-order valence-electron chi connectivity index (χ2n) is 5.41. The Hall–Kier alpha value is -2.10. The number of carbonyl (C=O) groups excluding carboxylic acids is 1. The Kier molecular flexibility index (Phi) is 4.46. The van der Waals surface area contributed by atoms with Crippen LogP contribution in [-0.4, -0.2) is 16.4 Å². The van der Waals surface area contributed by atoms with Crippen molar-refractivity contribution in [2.45, 2.75) is 45.6 Å². The van der Waals surface area contributed by atoms with Crippen LogP contribution in [0.2, 0.25) is 0 Å². The van der Waals surface area contributed by atoms with Gasteiger partial charge in [-0.05, 0) is 31.4 Å². The average Bonchev–Trinajstić information content (AvgIpc) is 2.52. The molecule has 4 heteroatoms. The molecule has 3 N–H and O–H groups in total. The molecule has 1 aromatic heterocycles. The molecule has 0 aliphatic heterocycles. The van der Waals surface area contributed by atoms with Crippen LogP contribution in [-0.2, 0) is 0 Å². The standard InChI is InChI=1S/C17H23N3O/c1-4-17(5-2,6-3)20-16(21)15-11-13(18)12-9-7-8-10-14(12)19-15/h7-11H,4-6H2,1-3H3,(H2,18,19)(H,20,21). The molecule has 0 saturated heterocycles. The average molecular weight is 285 g/mol. The highest BCUT2D eigenvalue weighted by molar-refractivity contribution is 5.99. The summed E-state index contributed by atoms with van der Waals surface area (Å²) in [5.41, 5.74) is 7.58. The first-order valence-corrected chi connectivity index (χ1v) is 7.53. The van der Waals surface area contributed by atoms with Crippen LogP contribution < -0.4 is 11.1 Å². The lowest BCUT2D eigenvalue weighted by molar-refractivity contribution is 0.0883. The third-order valence-electron chi connectivity index (χ3n) is 4.39. The van der Waals surface area contributed by atoms with Gasteiger partial charge >= 0.3 is 0 Å². The van der Waals surface area contributed by atoms with Gasteiger partial charge in [0.25, 0.3) is 5.91 Å². The first-order chi connectivity index (χ1) is 10.0. The summed E-state index contributed by atoms with van der Waals surface area (Å²) in [4.78, 5) is 16.9. The van der Waals surface area contributed by atoms with Crippen molar-refractivity contribution in [3.63, 3.8) is 0 Å². The van der Waals surface area contributed by atoms with E-state index in [9.17, 15) is 4.79 Å². The molecule has 0 bridgehead atoms. The zero-order valence-corrected chi connectivity index (χ0v) is 12.9. The van der Waals surface area contributed by atoms with Crippen LogP contribution in [0.4, 0.5) is 5.69 Å². The first kappa shape index (κ1) is 15.3. The van der Waals surface area contributed by atoms with Gasteiger partial charge in [0.2, 0.25) is 0 Å². The Morgan fingerprint density at radius 3 is 2.43 bits per heavy atom. The van der Waals surface area contributed by atoms with Crippen molar-refractivity contribution in [2.24, 2.45) is 0 Å². The normalized spacial score (nSPS) is 11.6. The second kappa shape index (κ2) is 6.12. The van der Waals surface area contributed by atoms with Gasteiger partial charge in [-0.2, -0.15) is 0 Å². The predicted octanol–water partition coefficient (Wildman–Crippen LogP) is 3.52. The van der Waals surface area contributed by atoms with Gasteiger partial charge in [0.15, 0.2) is 0 Å². The highest BCUT2D eigenvalue weighted by Crippen LogP contribution is 2.22. The fourth-order valence-corrected chi connectivity index (χ4v) is 2.64. The quantitative estimate of drug-likeness (QED) is 0.883. The van der Waals surface area contributed by atoms with Crippen LogP contribution in [0.1, 0.15) is 50.5 Å². The topological polar surface area (TPSA) is 68.0 Å². The first-order valence-electron chi connectivity index (χ1n) is 7.53. The smallest absolute Gasteiger partial charge is 0.270 e. The van der Waals surface area contributed by atoms with E-state index in [0.29, 0.717) is 11.4 Å². The Labute approximate surface area is 125 Å². The van der Waals surface area contributed by atoms with E-state index in [0.717, 1.165) is 30.2 Å². The summed E-state index contributed by atoms with van der Waals surface area (Å²) >= 11 is 0. The number of fused-ring (bicyclic) bond motifs is 1. The van der Waals surface area contributed by atoms with E-state index >= 15 is 0 Å². The molecule has 0 spiro atoms. The highest BCUT2D eigenvalue weighted by atomic mass is 16.2. The molecule has 4 nitrogen and oxygen atoms in total. The van der Waals surface area contributed by atoms with Gasteiger partial charge in [0, 0.05) is 16.6 Å². The lowest BCUT2D eigenvalue weighted by Crippen LogP contribution is -2.47. The number of aromatic nitrogens is 1. The van der Waals surface area contributed by atoms with Gasteiger partial charge in [-0.3, -0.25) is 4.79 Å². The van der Waals surface area contributed by atoms with Gasteiger partial charge in [-0.1, -0.05) is 39.0 Å². The number of hydrogen-bond acceptors (Lipinski definition) is 3. The van der Waals surface area contributed by atoms with E-state index in [1.54, 1.807) is 6.07 Å². The van der Waals surface area contributed by atoms with Crippen LogP contribution in [0.15, 0.2) is 30.3 Å². The van der Waals surface area contributed by atoms with Gasteiger partial charge in [0.1, 0.15) is 5.69 Å². The number of nitrogens with zero attached hydrogens (tertiary/aromatic N) is 1. The molecule has 0 unspecified atom stereocenters. The van der Waals surface area contributed by atoms with Gasteiger partial charge in [0.05, 0.1) is 5.52 Å². The molecule has 0 radical (unpaired) electrons. The molecule has 0 aliphatic rings. The number of anilines is 1. The van der Waals surface area contributed by atoms with E-state index in [4.69, 9.17) is 5.73 Å². The molecular formula is C17H23N3O. The lowest BCUT2D eigenvalue weighted by atomic mass is 9.89. The maximum atomic E-state index is 12.5. The Balaban J connectivity index is 2.35. The molecule has 0 saturated carbocycles. The van der Waals surface area contributed by atoms with Gasteiger partial charge in [-0.25, -0.2) is 4.98 Å². The fourth-order valence-electron chi connectivity index (χ4n) is 2.64. The summed E-state index contributed by atoms with van der Waals surface area (Å²) in [5, 5.41) is 4.01. The zero-order chi connectivity index (χ0) is 15.5. The number of nitrogens with two attached hydrogens (primary N) is 1. The van der Waals surface area contributed by atoms with E-state index < -0.39 is 0 Å². The fraction of sp³-hybridized carbons (Fsp3) is 0.412. The van der Waals surface area contributed by atoms with Crippen LogP contribution in [0.5, 0.6) is 0 Å². The van der Waals surface area contributed by atoms with E-state index in [-0.39, 0.29) is 11.4 Å². The number of pyridine rings is 1. The van der Waals surface area contributed by atoms with Crippen LogP contribution >= 0.6 is 0 Å². The summed E-state index contributed by atoms with van der Waals surface area (Å²) in [6.07, 6.45) is 2.69. The predicted molar refractivity (Wildman–Crippen MR) is 87.2 cm³/mol. The molecule has 1 amide bonds. The maximum absolute atomic E-state index is 12.5. The minimum atomic E-state index is -0.167. The molecule has 0 aliphatic carbocycles. The molecule has 0 fully saturated rings. The second-order valence-corrected chi connectivity index (χ2v) is 5.41. The van der Waals surface area contributed by atoms with Crippen molar-refractivity contribution < 1.29 is 4.79 Å². The van der Waals surface area contributed by atoms with E-state index in [2.05, 4.69) is 31.1 Å². The molecule has 2 aromatic rings.